The van der Waals surface area contributed by atoms with Crippen LogP contribution >= 0.6 is 11.6 Å². The number of aromatic nitrogens is 2. The standard InChI is InChI=1S/C23H28ClFN4O4S/c1-22(2,7-10-30)34(33)23(5-6-23)14-28-8-9-29-18(21(28)32)13-26-19(29)20(31)27-12-15-3-4-16(24)17(25)11-15/h3-4,11,13,30H,5-10,12,14H2,1-2H3,(H,27,31). The molecule has 1 aliphatic heterocycles. The van der Waals surface area contributed by atoms with Gasteiger partial charge >= 0.3 is 0 Å². The van der Waals surface area contributed by atoms with Crippen LogP contribution in [0, 0.1) is 5.82 Å². The Hall–Kier alpha value is -2.30. The normalized spacial score (nSPS) is 17.9. The van der Waals surface area contributed by atoms with Crippen LogP contribution in [0.4, 0.5) is 4.39 Å². The average molecular weight is 511 g/mol. The number of aliphatic hydroxyl groups is 1. The van der Waals surface area contributed by atoms with Crippen molar-refractivity contribution in [2.75, 3.05) is 19.7 Å². The van der Waals surface area contributed by atoms with E-state index < -0.39 is 32.0 Å². The minimum Gasteiger partial charge on any atom is -0.396 e. The number of benzene rings is 1. The van der Waals surface area contributed by atoms with Crippen LogP contribution in [-0.4, -0.2) is 64.8 Å². The Labute approximate surface area is 204 Å². The van der Waals surface area contributed by atoms with Crippen LogP contribution in [0.25, 0.3) is 0 Å². The summed E-state index contributed by atoms with van der Waals surface area (Å²) < 4.78 is 27.5. The Morgan fingerprint density at radius 3 is 2.74 bits per heavy atom. The van der Waals surface area contributed by atoms with Crippen molar-refractivity contribution >= 4 is 34.2 Å². The van der Waals surface area contributed by atoms with Gasteiger partial charge in [0.25, 0.3) is 11.8 Å². The minimum atomic E-state index is -1.21. The highest BCUT2D eigenvalue weighted by atomic mass is 35.5. The van der Waals surface area contributed by atoms with Crippen molar-refractivity contribution in [3.05, 3.63) is 52.3 Å². The molecular formula is C23H28ClFN4O4S. The predicted octanol–water partition coefficient (Wildman–Crippen LogP) is 2.50. The zero-order valence-corrected chi connectivity index (χ0v) is 20.7. The van der Waals surface area contributed by atoms with E-state index in [1.165, 1.54) is 18.3 Å². The fraction of sp³-hybridized carbons (Fsp3) is 0.522. The highest BCUT2D eigenvalue weighted by Gasteiger charge is 2.54. The van der Waals surface area contributed by atoms with Gasteiger partial charge in [0.15, 0.2) is 5.82 Å². The molecule has 1 saturated carbocycles. The molecule has 2 heterocycles. The summed E-state index contributed by atoms with van der Waals surface area (Å²) in [4.78, 5) is 31.7. The zero-order chi connectivity index (χ0) is 24.7. The van der Waals surface area contributed by atoms with Crippen LogP contribution < -0.4 is 5.32 Å². The molecule has 1 aliphatic carbocycles. The van der Waals surface area contributed by atoms with Crippen LogP contribution in [-0.2, 0) is 23.9 Å². The first-order valence-electron chi connectivity index (χ1n) is 11.2. The molecule has 2 aliphatic rings. The lowest BCUT2D eigenvalue weighted by Crippen LogP contribution is -2.49. The molecule has 1 aromatic heterocycles. The molecule has 11 heteroatoms. The van der Waals surface area contributed by atoms with E-state index in [0.717, 1.165) is 12.8 Å². The Morgan fingerprint density at radius 2 is 2.09 bits per heavy atom. The monoisotopic (exact) mass is 510 g/mol. The van der Waals surface area contributed by atoms with Crippen LogP contribution in [0.15, 0.2) is 24.4 Å². The van der Waals surface area contributed by atoms with Gasteiger partial charge in [0.1, 0.15) is 11.5 Å². The molecule has 1 aromatic carbocycles. The molecule has 0 bridgehead atoms. The van der Waals surface area contributed by atoms with E-state index in [1.54, 1.807) is 15.5 Å². The first-order valence-corrected chi connectivity index (χ1v) is 12.7. The number of rotatable bonds is 9. The number of carbonyl (C=O) groups is 2. The third-order valence-electron chi connectivity index (χ3n) is 6.49. The molecule has 8 nitrogen and oxygen atoms in total. The number of carbonyl (C=O) groups excluding carboxylic acids is 2. The van der Waals surface area contributed by atoms with E-state index >= 15 is 0 Å². The molecule has 1 fully saturated rings. The quantitative estimate of drug-likeness (QED) is 0.539. The minimum absolute atomic E-state index is 0.00856. The summed E-state index contributed by atoms with van der Waals surface area (Å²) in [7, 11) is -1.21. The average Bonchev–Trinajstić information content (AvgIpc) is 3.44. The lowest BCUT2D eigenvalue weighted by Gasteiger charge is -2.35. The molecule has 4 rings (SSSR count). The maximum Gasteiger partial charge on any atom is 0.287 e. The largest absolute Gasteiger partial charge is 0.396 e. The van der Waals surface area contributed by atoms with Gasteiger partial charge in [-0.05, 0) is 50.8 Å². The van der Waals surface area contributed by atoms with Gasteiger partial charge in [-0.2, -0.15) is 0 Å². The van der Waals surface area contributed by atoms with Gasteiger partial charge in [0.05, 0.1) is 16.0 Å². The smallest absolute Gasteiger partial charge is 0.287 e. The van der Waals surface area contributed by atoms with Crippen molar-refractivity contribution in [3.8, 4) is 0 Å². The molecule has 0 saturated heterocycles. The summed E-state index contributed by atoms with van der Waals surface area (Å²) >= 11 is 5.69. The number of amides is 2. The molecule has 1 unspecified atom stereocenters. The van der Waals surface area contributed by atoms with E-state index in [1.807, 2.05) is 13.8 Å². The zero-order valence-electron chi connectivity index (χ0n) is 19.1. The fourth-order valence-electron chi connectivity index (χ4n) is 4.34. The Balaban J connectivity index is 1.43. The summed E-state index contributed by atoms with van der Waals surface area (Å²) in [5.41, 5.74) is 0.861. The molecule has 0 radical (unpaired) electrons. The second-order valence-electron chi connectivity index (χ2n) is 9.46. The number of nitrogens with zero attached hydrogens (tertiary/aromatic N) is 3. The van der Waals surface area contributed by atoms with Crippen molar-refractivity contribution < 1.29 is 23.3 Å². The van der Waals surface area contributed by atoms with Crippen molar-refractivity contribution in [2.45, 2.75) is 55.7 Å². The molecule has 0 spiro atoms. The maximum atomic E-state index is 13.6. The van der Waals surface area contributed by atoms with Crippen LogP contribution in [0.2, 0.25) is 5.02 Å². The second-order valence-corrected chi connectivity index (χ2v) is 12.4. The Bertz CT molecular complexity index is 1150. The van der Waals surface area contributed by atoms with Gasteiger partial charge < -0.3 is 19.9 Å². The van der Waals surface area contributed by atoms with E-state index in [4.69, 9.17) is 11.6 Å². The first kappa shape index (κ1) is 24.8. The number of halogens is 2. The third kappa shape index (κ3) is 4.76. The number of fused-ring (bicyclic) bond motifs is 1. The van der Waals surface area contributed by atoms with Crippen LogP contribution in [0.5, 0.6) is 0 Å². The first-order chi connectivity index (χ1) is 16.1. The maximum absolute atomic E-state index is 13.6. The van der Waals surface area contributed by atoms with Gasteiger partial charge in [0, 0.05) is 48.3 Å². The third-order valence-corrected chi connectivity index (χ3v) is 9.33. The molecule has 184 valence electrons. The van der Waals surface area contributed by atoms with Crippen molar-refractivity contribution in [1.82, 2.24) is 19.8 Å². The second kappa shape index (κ2) is 9.39. The van der Waals surface area contributed by atoms with Gasteiger partial charge in [-0.15, -0.1) is 0 Å². The lowest BCUT2D eigenvalue weighted by molar-refractivity contribution is 0.0698. The predicted molar refractivity (Wildman–Crippen MR) is 127 cm³/mol. The Kier molecular flexibility index (Phi) is 6.85. The molecule has 1 atom stereocenters. The Morgan fingerprint density at radius 1 is 1.35 bits per heavy atom. The summed E-state index contributed by atoms with van der Waals surface area (Å²) in [6, 6.07) is 4.30. The molecule has 2 N–H and O–H groups in total. The summed E-state index contributed by atoms with van der Waals surface area (Å²) in [6.45, 7) is 4.97. The lowest BCUT2D eigenvalue weighted by atomic mass is 10.1. The summed E-state index contributed by atoms with van der Waals surface area (Å²) in [5.74, 6) is -1.16. The number of aliphatic hydroxyl groups excluding tert-OH is 1. The van der Waals surface area contributed by atoms with Crippen molar-refractivity contribution in [2.24, 2.45) is 0 Å². The number of imidazole rings is 1. The summed E-state index contributed by atoms with van der Waals surface area (Å²) in [5, 5.41) is 12.0. The van der Waals surface area contributed by atoms with Crippen LogP contribution in [0.1, 0.15) is 59.8 Å². The topological polar surface area (TPSA) is 105 Å². The van der Waals surface area contributed by atoms with E-state index in [0.29, 0.717) is 37.3 Å². The summed E-state index contributed by atoms with van der Waals surface area (Å²) in [6.07, 6.45) is 3.37. The van der Waals surface area contributed by atoms with Crippen molar-refractivity contribution in [3.63, 3.8) is 0 Å². The highest BCUT2D eigenvalue weighted by molar-refractivity contribution is 7.88. The number of nitrogens with one attached hydrogen (secondary N) is 1. The van der Waals surface area contributed by atoms with Crippen molar-refractivity contribution in [1.29, 1.82) is 0 Å². The van der Waals surface area contributed by atoms with E-state index in [-0.39, 0.29) is 29.9 Å². The molecular weight excluding hydrogens is 483 g/mol. The van der Waals surface area contributed by atoms with Gasteiger partial charge in [-0.25, -0.2) is 9.37 Å². The van der Waals surface area contributed by atoms with Crippen LogP contribution in [0.3, 0.4) is 0 Å². The number of hydrogen-bond donors (Lipinski definition) is 2. The molecule has 2 amide bonds. The van der Waals surface area contributed by atoms with Gasteiger partial charge in [-0.1, -0.05) is 17.7 Å². The highest BCUT2D eigenvalue weighted by Crippen LogP contribution is 2.47. The van der Waals surface area contributed by atoms with Gasteiger partial charge in [-0.3, -0.25) is 13.8 Å². The molecule has 34 heavy (non-hydrogen) atoms. The fourth-order valence-corrected chi connectivity index (χ4v) is 6.65. The number of hydrogen-bond acceptors (Lipinski definition) is 5. The SMILES string of the molecule is CC(C)(CCO)S(=O)C1(CN2CCn3c(cnc3C(=O)NCc3ccc(Cl)c(F)c3)C2=O)CC1. The molecule has 2 aromatic rings. The van der Waals surface area contributed by atoms with Gasteiger partial charge in [0.2, 0.25) is 0 Å². The van der Waals surface area contributed by atoms with E-state index in [2.05, 4.69) is 10.3 Å². The van der Waals surface area contributed by atoms with E-state index in [9.17, 15) is 23.3 Å².